The van der Waals surface area contributed by atoms with Gasteiger partial charge in [-0.15, -0.1) is 0 Å². The summed E-state index contributed by atoms with van der Waals surface area (Å²) in [7, 11) is 0. The van der Waals surface area contributed by atoms with Gasteiger partial charge in [0, 0.05) is 31.3 Å². The van der Waals surface area contributed by atoms with Gasteiger partial charge in [-0.2, -0.15) is 0 Å². The van der Waals surface area contributed by atoms with Gasteiger partial charge in [-0.05, 0) is 80.1 Å². The third kappa shape index (κ3) is 2.64. The zero-order valence-electron chi connectivity index (χ0n) is 17.0. The summed E-state index contributed by atoms with van der Waals surface area (Å²) in [6, 6.07) is 10.5. The van der Waals surface area contributed by atoms with E-state index in [2.05, 4.69) is 56.7 Å². The molecule has 27 heavy (non-hydrogen) atoms. The second kappa shape index (κ2) is 6.41. The summed E-state index contributed by atoms with van der Waals surface area (Å²) in [5, 5.41) is 11.4. The second-order valence-electron chi connectivity index (χ2n) is 10.2. The fourth-order valence-electron chi connectivity index (χ4n) is 7.94. The lowest BCUT2D eigenvalue weighted by atomic mass is 9.48. The molecule has 1 aromatic rings. The SMILES string of the molecule is C[CH+]C1=CC[C@H]2[C@@H]3CC[C@H]4C[C@](O)(c5ccccc5)CC[C@@H]4[C@H]3CC[C@]12C. The highest BCUT2D eigenvalue weighted by Crippen LogP contribution is 2.63. The van der Waals surface area contributed by atoms with E-state index in [-0.39, 0.29) is 0 Å². The Balaban J connectivity index is 1.35. The van der Waals surface area contributed by atoms with Crippen LogP contribution < -0.4 is 0 Å². The van der Waals surface area contributed by atoms with E-state index in [1.165, 1.54) is 38.5 Å². The van der Waals surface area contributed by atoms with Gasteiger partial charge in [-0.25, -0.2) is 0 Å². The van der Waals surface area contributed by atoms with E-state index in [4.69, 9.17) is 0 Å². The van der Waals surface area contributed by atoms with Crippen LogP contribution in [-0.2, 0) is 5.60 Å². The zero-order chi connectivity index (χ0) is 18.6. The minimum Gasteiger partial charge on any atom is -0.385 e. The molecule has 0 bridgehead atoms. The van der Waals surface area contributed by atoms with E-state index in [1.807, 2.05) is 0 Å². The number of aliphatic hydroxyl groups is 1. The first kappa shape index (κ1) is 17.9. The number of rotatable bonds is 2. The Morgan fingerprint density at radius 3 is 2.52 bits per heavy atom. The summed E-state index contributed by atoms with van der Waals surface area (Å²) in [4.78, 5) is 0. The third-order valence-corrected chi connectivity index (χ3v) is 9.27. The van der Waals surface area contributed by atoms with E-state index in [1.54, 1.807) is 5.57 Å². The normalized spacial score (nSPS) is 46.0. The van der Waals surface area contributed by atoms with Crippen LogP contribution in [-0.4, -0.2) is 5.11 Å². The van der Waals surface area contributed by atoms with E-state index in [9.17, 15) is 5.11 Å². The van der Waals surface area contributed by atoms with Crippen molar-refractivity contribution in [2.75, 3.05) is 0 Å². The molecule has 1 heteroatoms. The molecule has 0 amide bonds. The lowest BCUT2D eigenvalue weighted by Crippen LogP contribution is -2.50. The predicted octanol–water partition coefficient (Wildman–Crippen LogP) is 6.29. The first-order valence-electron chi connectivity index (χ1n) is 11.3. The van der Waals surface area contributed by atoms with E-state index >= 15 is 0 Å². The highest BCUT2D eigenvalue weighted by atomic mass is 16.3. The van der Waals surface area contributed by atoms with E-state index in [0.29, 0.717) is 5.41 Å². The molecule has 4 aliphatic rings. The molecule has 0 radical (unpaired) electrons. The molecule has 0 unspecified atom stereocenters. The average Bonchev–Trinajstić information content (AvgIpc) is 3.04. The van der Waals surface area contributed by atoms with Crippen molar-refractivity contribution in [1.82, 2.24) is 0 Å². The number of fused-ring (bicyclic) bond motifs is 5. The first-order valence-corrected chi connectivity index (χ1v) is 11.3. The second-order valence-corrected chi connectivity index (χ2v) is 10.2. The number of allylic oxidation sites excluding steroid dienone is 2. The molecule has 0 aromatic heterocycles. The average molecular weight is 364 g/mol. The molecule has 3 saturated carbocycles. The van der Waals surface area contributed by atoms with Crippen molar-refractivity contribution in [3.05, 3.63) is 54.0 Å². The van der Waals surface area contributed by atoms with Crippen LogP contribution in [0.5, 0.6) is 0 Å². The van der Waals surface area contributed by atoms with Crippen molar-refractivity contribution in [2.45, 2.75) is 70.8 Å². The Labute approximate surface area is 165 Å². The molecular weight excluding hydrogens is 328 g/mol. The van der Waals surface area contributed by atoms with Crippen molar-refractivity contribution in [3.63, 3.8) is 0 Å². The predicted molar refractivity (Wildman–Crippen MR) is 111 cm³/mol. The van der Waals surface area contributed by atoms with Crippen LogP contribution in [0.15, 0.2) is 42.0 Å². The molecule has 144 valence electrons. The zero-order valence-corrected chi connectivity index (χ0v) is 17.0. The van der Waals surface area contributed by atoms with Gasteiger partial charge in [0.1, 0.15) is 5.57 Å². The van der Waals surface area contributed by atoms with Crippen LogP contribution in [0.1, 0.15) is 70.8 Å². The lowest BCUT2D eigenvalue weighted by molar-refractivity contribution is -0.101. The van der Waals surface area contributed by atoms with Crippen LogP contribution in [0, 0.1) is 41.4 Å². The minimum atomic E-state index is -0.586. The smallest absolute Gasteiger partial charge is 0.108 e. The van der Waals surface area contributed by atoms with Crippen LogP contribution in [0.4, 0.5) is 0 Å². The Kier molecular flexibility index (Phi) is 4.24. The van der Waals surface area contributed by atoms with Crippen LogP contribution in [0.2, 0.25) is 0 Å². The molecule has 4 aliphatic carbocycles. The summed E-state index contributed by atoms with van der Waals surface area (Å²) >= 11 is 0. The highest BCUT2D eigenvalue weighted by Gasteiger charge is 2.57. The Bertz CT molecular complexity index is 721. The maximum Gasteiger partial charge on any atom is 0.108 e. The fraction of sp³-hybridized carbons (Fsp3) is 0.654. The summed E-state index contributed by atoms with van der Waals surface area (Å²) < 4.78 is 0. The van der Waals surface area contributed by atoms with Gasteiger partial charge in [0.15, 0.2) is 0 Å². The molecule has 0 saturated heterocycles. The van der Waals surface area contributed by atoms with Gasteiger partial charge in [-0.1, -0.05) is 37.3 Å². The molecular formula is C26H35O+. The van der Waals surface area contributed by atoms with E-state index < -0.39 is 5.60 Å². The monoisotopic (exact) mass is 363 g/mol. The Morgan fingerprint density at radius 2 is 1.74 bits per heavy atom. The summed E-state index contributed by atoms with van der Waals surface area (Å²) in [5.74, 6) is 4.28. The molecule has 1 nitrogen and oxygen atoms in total. The van der Waals surface area contributed by atoms with Gasteiger partial charge in [0.25, 0.3) is 0 Å². The fourth-order valence-corrected chi connectivity index (χ4v) is 7.94. The van der Waals surface area contributed by atoms with Crippen LogP contribution in [0.25, 0.3) is 0 Å². The summed E-state index contributed by atoms with van der Waals surface area (Å²) in [5.41, 5.74) is 2.64. The number of hydrogen-bond donors (Lipinski definition) is 1. The van der Waals surface area contributed by atoms with E-state index in [0.717, 1.165) is 48.0 Å². The largest absolute Gasteiger partial charge is 0.385 e. The van der Waals surface area contributed by atoms with Crippen molar-refractivity contribution < 1.29 is 5.11 Å². The standard InChI is InChI=1S/C26H35O/c1-3-19-10-12-24-23-11-9-18-17-26(27,20-7-5-4-6-8-20)16-14-21(18)22(23)13-15-25(19,24)2/h3-8,10,18,21-24,27H,9,11-17H2,1-2H3/q+1/t18-,21-,22+,23+,24-,25+,26-/m0/s1. The van der Waals surface area contributed by atoms with Crippen molar-refractivity contribution in [3.8, 4) is 0 Å². The van der Waals surface area contributed by atoms with Crippen molar-refractivity contribution in [2.24, 2.45) is 35.0 Å². The molecule has 1 N–H and O–H groups in total. The molecule has 0 spiro atoms. The minimum absolute atomic E-state index is 0.447. The topological polar surface area (TPSA) is 20.2 Å². The molecule has 0 aliphatic heterocycles. The molecule has 0 heterocycles. The number of benzene rings is 1. The molecule has 7 atom stereocenters. The Morgan fingerprint density at radius 1 is 0.963 bits per heavy atom. The maximum atomic E-state index is 11.4. The summed E-state index contributed by atoms with van der Waals surface area (Å²) in [6.45, 7) is 4.78. The molecule has 5 rings (SSSR count). The Hall–Kier alpha value is -1.21. The first-order chi connectivity index (χ1) is 13.0. The summed E-state index contributed by atoms with van der Waals surface area (Å²) in [6.07, 6.45) is 14.9. The highest BCUT2D eigenvalue weighted by molar-refractivity contribution is 5.30. The van der Waals surface area contributed by atoms with Gasteiger partial charge in [-0.3, -0.25) is 0 Å². The van der Waals surface area contributed by atoms with Crippen molar-refractivity contribution in [1.29, 1.82) is 0 Å². The molecule has 1 aromatic carbocycles. The van der Waals surface area contributed by atoms with Gasteiger partial charge < -0.3 is 5.11 Å². The molecule has 3 fully saturated rings. The third-order valence-electron chi connectivity index (χ3n) is 9.27. The quantitative estimate of drug-likeness (QED) is 0.612. The lowest BCUT2D eigenvalue weighted by Gasteiger charge is -2.56. The van der Waals surface area contributed by atoms with Gasteiger partial charge in [0.05, 0.1) is 5.60 Å². The van der Waals surface area contributed by atoms with Crippen LogP contribution >= 0.6 is 0 Å². The van der Waals surface area contributed by atoms with Crippen LogP contribution in [0.3, 0.4) is 0 Å². The maximum absolute atomic E-state index is 11.4. The van der Waals surface area contributed by atoms with Gasteiger partial charge >= 0.3 is 0 Å². The van der Waals surface area contributed by atoms with Crippen molar-refractivity contribution >= 4 is 0 Å². The number of hydrogen-bond acceptors (Lipinski definition) is 1. The van der Waals surface area contributed by atoms with Gasteiger partial charge in [0.2, 0.25) is 0 Å².